The highest BCUT2D eigenvalue weighted by Crippen LogP contribution is 2.33. The maximum atomic E-state index is 14.0. The van der Waals surface area contributed by atoms with E-state index in [4.69, 9.17) is 16.3 Å². The lowest BCUT2D eigenvalue weighted by molar-refractivity contribution is -0.119. The lowest BCUT2D eigenvalue weighted by Crippen LogP contribution is -2.37. The van der Waals surface area contributed by atoms with Crippen LogP contribution in [0.5, 0.6) is 5.75 Å². The molecule has 2 aromatic carbocycles. The molecule has 1 aliphatic heterocycles. The SMILES string of the molecule is C=C(C(=O)N[C@H](CO)c1cc(F)cc(OC)c1)N1Cc2ccc(-c3nc(N[C@H](C)CO)ncc3Cl)cc2C1=O. The number of methoxy groups -OCH3 is 1. The van der Waals surface area contributed by atoms with E-state index >= 15 is 0 Å². The van der Waals surface area contributed by atoms with Crippen molar-refractivity contribution in [2.45, 2.75) is 25.6 Å². The Hall–Kier alpha value is -4.06. The summed E-state index contributed by atoms with van der Waals surface area (Å²) in [6.07, 6.45) is 1.43. The monoisotopic (exact) mass is 555 g/mol. The van der Waals surface area contributed by atoms with Crippen LogP contribution < -0.4 is 15.4 Å². The normalized spacial score (nSPS) is 14.0. The molecular weight excluding hydrogens is 529 g/mol. The fraction of sp³-hybridized carbons (Fsp3) is 0.259. The second-order valence-corrected chi connectivity index (χ2v) is 9.37. The van der Waals surface area contributed by atoms with Crippen LogP contribution in [0.1, 0.15) is 34.5 Å². The molecule has 0 saturated heterocycles. The predicted octanol–water partition coefficient (Wildman–Crippen LogP) is 3.06. The number of aliphatic hydroxyl groups excluding tert-OH is 2. The molecule has 1 aromatic heterocycles. The molecule has 4 N–H and O–H groups in total. The van der Waals surface area contributed by atoms with Crippen LogP contribution >= 0.6 is 11.6 Å². The summed E-state index contributed by atoms with van der Waals surface area (Å²) in [6.45, 7) is 5.03. The van der Waals surface area contributed by atoms with Gasteiger partial charge in [-0.15, -0.1) is 0 Å². The zero-order valence-electron chi connectivity index (χ0n) is 21.2. The number of nitrogens with one attached hydrogen (secondary N) is 2. The van der Waals surface area contributed by atoms with Crippen LogP contribution in [0, 0.1) is 5.82 Å². The maximum Gasteiger partial charge on any atom is 0.267 e. The molecule has 2 atom stereocenters. The number of hydrogen-bond acceptors (Lipinski definition) is 8. The van der Waals surface area contributed by atoms with Gasteiger partial charge in [0, 0.05) is 23.2 Å². The van der Waals surface area contributed by atoms with Gasteiger partial charge < -0.3 is 25.6 Å². The Bertz CT molecular complexity index is 1440. The summed E-state index contributed by atoms with van der Waals surface area (Å²) in [5, 5.41) is 24.9. The van der Waals surface area contributed by atoms with Crippen molar-refractivity contribution in [2.24, 2.45) is 0 Å². The minimum atomic E-state index is -0.957. The van der Waals surface area contributed by atoms with Crippen molar-refractivity contribution in [1.82, 2.24) is 20.2 Å². The van der Waals surface area contributed by atoms with E-state index in [1.807, 2.05) is 0 Å². The van der Waals surface area contributed by atoms with Crippen LogP contribution in [0.15, 0.2) is 54.9 Å². The number of amides is 2. The van der Waals surface area contributed by atoms with Gasteiger partial charge >= 0.3 is 0 Å². The minimum absolute atomic E-state index is 0.108. The van der Waals surface area contributed by atoms with Crippen LogP contribution in [-0.2, 0) is 11.3 Å². The number of fused-ring (bicyclic) bond motifs is 1. The Balaban J connectivity index is 1.52. The molecule has 0 aliphatic carbocycles. The van der Waals surface area contributed by atoms with E-state index in [2.05, 4.69) is 27.2 Å². The summed E-state index contributed by atoms with van der Waals surface area (Å²) in [6, 6.07) is 7.74. The van der Waals surface area contributed by atoms with Gasteiger partial charge in [-0.25, -0.2) is 14.4 Å². The number of carbonyl (C=O) groups is 2. The number of ether oxygens (including phenoxy) is 1. The smallest absolute Gasteiger partial charge is 0.267 e. The number of carbonyl (C=O) groups excluding carboxylic acids is 2. The van der Waals surface area contributed by atoms with Crippen molar-refractivity contribution >= 4 is 29.4 Å². The number of benzene rings is 2. The van der Waals surface area contributed by atoms with E-state index in [-0.39, 0.29) is 41.6 Å². The first-order valence-electron chi connectivity index (χ1n) is 11.9. The zero-order chi connectivity index (χ0) is 28.3. The van der Waals surface area contributed by atoms with E-state index in [1.165, 1.54) is 36.4 Å². The third kappa shape index (κ3) is 6.00. The molecular formula is C27H27ClFN5O5. The standard InChI is InChI=1S/C27H27ClFN5O5/c1-14(12-35)31-27-30-10-22(28)24(33-27)16-4-5-17-11-34(26(38)21(17)8-16)15(2)25(37)32-23(13-36)18-6-19(29)9-20(7-18)39-3/h4-10,14,23,35-36H,2,11-13H2,1,3H3,(H,32,37)(H,30,31,33)/t14-,23-/m1/s1. The maximum absolute atomic E-state index is 14.0. The molecule has 0 spiro atoms. The van der Waals surface area contributed by atoms with Gasteiger partial charge in [0.2, 0.25) is 5.95 Å². The first kappa shape index (κ1) is 28.0. The second kappa shape index (κ2) is 11.8. The minimum Gasteiger partial charge on any atom is -0.497 e. The van der Waals surface area contributed by atoms with Gasteiger partial charge in [-0.05, 0) is 36.2 Å². The number of hydrogen-bond donors (Lipinski definition) is 4. The Labute approximate surface area is 229 Å². The summed E-state index contributed by atoms with van der Waals surface area (Å²) in [7, 11) is 1.38. The molecule has 3 aromatic rings. The number of aliphatic hydroxyl groups is 2. The largest absolute Gasteiger partial charge is 0.497 e. The van der Waals surface area contributed by atoms with Crippen molar-refractivity contribution in [3.05, 3.63) is 82.4 Å². The van der Waals surface area contributed by atoms with Crippen molar-refractivity contribution in [3.8, 4) is 17.0 Å². The fourth-order valence-electron chi connectivity index (χ4n) is 4.07. The van der Waals surface area contributed by atoms with Gasteiger partial charge in [-0.1, -0.05) is 30.3 Å². The average molecular weight is 556 g/mol. The van der Waals surface area contributed by atoms with Gasteiger partial charge in [0.1, 0.15) is 17.3 Å². The van der Waals surface area contributed by atoms with Gasteiger partial charge in [-0.2, -0.15) is 0 Å². The molecule has 39 heavy (non-hydrogen) atoms. The molecule has 204 valence electrons. The highest BCUT2D eigenvalue weighted by atomic mass is 35.5. The molecule has 2 heterocycles. The highest BCUT2D eigenvalue weighted by molar-refractivity contribution is 6.33. The molecule has 2 amide bonds. The molecule has 0 fully saturated rings. The molecule has 0 radical (unpaired) electrons. The van der Waals surface area contributed by atoms with Gasteiger partial charge in [0.25, 0.3) is 11.8 Å². The molecule has 0 unspecified atom stereocenters. The summed E-state index contributed by atoms with van der Waals surface area (Å²) in [5.74, 6) is -1.24. The third-order valence-electron chi connectivity index (χ3n) is 6.19. The van der Waals surface area contributed by atoms with E-state index in [1.54, 1.807) is 25.1 Å². The van der Waals surface area contributed by atoms with E-state index < -0.39 is 30.3 Å². The topological polar surface area (TPSA) is 137 Å². The van der Waals surface area contributed by atoms with E-state index in [0.717, 1.165) is 0 Å². The first-order valence-corrected chi connectivity index (χ1v) is 12.3. The summed E-state index contributed by atoms with van der Waals surface area (Å²) >= 11 is 6.33. The lowest BCUT2D eigenvalue weighted by atomic mass is 10.0. The predicted molar refractivity (Wildman–Crippen MR) is 143 cm³/mol. The zero-order valence-corrected chi connectivity index (χ0v) is 22.0. The molecule has 4 rings (SSSR count). The summed E-state index contributed by atoms with van der Waals surface area (Å²) < 4.78 is 19.0. The summed E-state index contributed by atoms with van der Waals surface area (Å²) in [5.41, 5.74) is 2.13. The van der Waals surface area contributed by atoms with Crippen molar-refractivity contribution in [2.75, 3.05) is 25.6 Å². The Morgan fingerprint density at radius 1 is 1.26 bits per heavy atom. The van der Waals surface area contributed by atoms with Crippen molar-refractivity contribution in [3.63, 3.8) is 0 Å². The lowest BCUT2D eigenvalue weighted by Gasteiger charge is -2.22. The quantitative estimate of drug-likeness (QED) is 0.280. The number of anilines is 1. The van der Waals surface area contributed by atoms with Crippen LogP contribution in [-0.4, -0.2) is 63.3 Å². The van der Waals surface area contributed by atoms with Crippen LogP contribution in [0.4, 0.5) is 10.3 Å². The summed E-state index contributed by atoms with van der Waals surface area (Å²) in [4.78, 5) is 36.0. The molecule has 0 saturated carbocycles. The first-order chi connectivity index (χ1) is 18.6. The van der Waals surface area contributed by atoms with Crippen molar-refractivity contribution in [1.29, 1.82) is 0 Å². The van der Waals surface area contributed by atoms with E-state index in [9.17, 15) is 24.2 Å². The van der Waals surface area contributed by atoms with Crippen LogP contribution in [0.25, 0.3) is 11.3 Å². The highest BCUT2D eigenvalue weighted by Gasteiger charge is 2.33. The number of nitrogens with zero attached hydrogens (tertiary/aromatic N) is 3. The Morgan fingerprint density at radius 3 is 2.72 bits per heavy atom. The third-order valence-corrected chi connectivity index (χ3v) is 6.46. The van der Waals surface area contributed by atoms with Crippen molar-refractivity contribution < 1.29 is 28.9 Å². The van der Waals surface area contributed by atoms with Crippen LogP contribution in [0.2, 0.25) is 5.02 Å². The number of aromatic nitrogens is 2. The Morgan fingerprint density at radius 2 is 2.03 bits per heavy atom. The number of halogens is 2. The molecule has 10 nitrogen and oxygen atoms in total. The molecule has 12 heteroatoms. The molecule has 0 bridgehead atoms. The van der Waals surface area contributed by atoms with Gasteiger partial charge in [-0.3, -0.25) is 14.5 Å². The van der Waals surface area contributed by atoms with Gasteiger partial charge in [0.15, 0.2) is 0 Å². The fourth-order valence-corrected chi connectivity index (χ4v) is 4.27. The Kier molecular flexibility index (Phi) is 8.44. The van der Waals surface area contributed by atoms with E-state index in [0.29, 0.717) is 27.9 Å². The van der Waals surface area contributed by atoms with Crippen LogP contribution in [0.3, 0.4) is 0 Å². The van der Waals surface area contributed by atoms with Gasteiger partial charge in [0.05, 0.1) is 49.8 Å². The average Bonchev–Trinajstić information content (AvgIpc) is 3.27. The number of rotatable bonds is 10. The second-order valence-electron chi connectivity index (χ2n) is 8.96. The molecule has 1 aliphatic rings.